The molecule has 0 atom stereocenters. The Hall–Kier alpha value is -0.430. The second kappa shape index (κ2) is 8.77. The highest BCUT2D eigenvalue weighted by molar-refractivity contribution is 7.86. The van der Waals surface area contributed by atoms with Gasteiger partial charge in [0, 0.05) is 26.2 Å². The summed E-state index contributed by atoms with van der Waals surface area (Å²) in [6.45, 7) is 11.8. The number of rotatable bonds is 9. The SMILES string of the molecule is C=CCN(CC)S(=O)(=O)N1CCC(CNCCC)CC1. The molecule has 0 saturated carbocycles. The lowest BCUT2D eigenvalue weighted by Crippen LogP contribution is -2.48. The van der Waals surface area contributed by atoms with Gasteiger partial charge in [-0.1, -0.05) is 19.9 Å². The van der Waals surface area contributed by atoms with Crippen molar-refractivity contribution in [3.8, 4) is 0 Å². The van der Waals surface area contributed by atoms with Crippen molar-refractivity contribution in [2.24, 2.45) is 5.92 Å². The molecule has 1 rings (SSSR count). The third kappa shape index (κ3) is 4.84. The first-order chi connectivity index (χ1) is 9.56. The molecule has 1 N–H and O–H groups in total. The minimum atomic E-state index is -3.31. The average Bonchev–Trinajstić information content (AvgIpc) is 2.45. The van der Waals surface area contributed by atoms with Crippen LogP contribution in [0.2, 0.25) is 0 Å². The first-order valence-electron chi connectivity index (χ1n) is 7.63. The smallest absolute Gasteiger partial charge is 0.282 e. The topological polar surface area (TPSA) is 52.7 Å². The second-order valence-electron chi connectivity index (χ2n) is 5.29. The Bertz CT molecular complexity index is 376. The number of likely N-dealkylation sites (N-methyl/N-ethyl adjacent to an activating group) is 1. The number of nitrogens with zero attached hydrogens (tertiary/aromatic N) is 2. The van der Waals surface area contributed by atoms with Crippen molar-refractivity contribution >= 4 is 10.2 Å². The van der Waals surface area contributed by atoms with E-state index in [-0.39, 0.29) is 0 Å². The van der Waals surface area contributed by atoms with E-state index >= 15 is 0 Å². The first kappa shape index (κ1) is 17.6. The van der Waals surface area contributed by atoms with Crippen molar-refractivity contribution < 1.29 is 8.42 Å². The Morgan fingerprint density at radius 1 is 1.35 bits per heavy atom. The molecule has 0 aliphatic carbocycles. The van der Waals surface area contributed by atoms with Gasteiger partial charge >= 0.3 is 0 Å². The van der Waals surface area contributed by atoms with Crippen LogP contribution in [0.15, 0.2) is 12.7 Å². The number of hydrogen-bond acceptors (Lipinski definition) is 3. The molecule has 1 fully saturated rings. The van der Waals surface area contributed by atoms with Gasteiger partial charge in [-0.05, 0) is 38.3 Å². The van der Waals surface area contributed by atoms with Gasteiger partial charge in [-0.25, -0.2) is 0 Å². The van der Waals surface area contributed by atoms with Gasteiger partial charge in [0.05, 0.1) is 0 Å². The van der Waals surface area contributed by atoms with Crippen molar-refractivity contribution in [3.05, 3.63) is 12.7 Å². The maximum atomic E-state index is 12.5. The zero-order chi connectivity index (χ0) is 15.0. The van der Waals surface area contributed by atoms with Gasteiger partial charge in [-0.15, -0.1) is 6.58 Å². The summed E-state index contributed by atoms with van der Waals surface area (Å²) in [4.78, 5) is 0. The fourth-order valence-electron chi connectivity index (χ4n) is 2.52. The standard InChI is InChI=1S/C14H29N3O2S/c1-4-9-15-13-14-7-11-17(12-8-14)20(18,19)16(6-3)10-5-2/h5,14-15H,2,4,6-13H2,1,3H3. The van der Waals surface area contributed by atoms with E-state index in [1.54, 1.807) is 10.4 Å². The molecule has 0 bridgehead atoms. The Morgan fingerprint density at radius 2 is 2.00 bits per heavy atom. The molecule has 0 amide bonds. The van der Waals surface area contributed by atoms with E-state index in [9.17, 15) is 8.42 Å². The lowest BCUT2D eigenvalue weighted by atomic mass is 9.98. The highest BCUT2D eigenvalue weighted by Crippen LogP contribution is 2.20. The van der Waals surface area contributed by atoms with Crippen LogP contribution >= 0.6 is 0 Å². The van der Waals surface area contributed by atoms with Crippen LogP contribution in [0.3, 0.4) is 0 Å². The molecule has 0 radical (unpaired) electrons. The lowest BCUT2D eigenvalue weighted by molar-refractivity contribution is 0.253. The minimum absolute atomic E-state index is 0.386. The molecule has 1 heterocycles. The van der Waals surface area contributed by atoms with Crippen molar-refractivity contribution in [2.45, 2.75) is 33.1 Å². The lowest BCUT2D eigenvalue weighted by Gasteiger charge is -2.34. The first-order valence-corrected chi connectivity index (χ1v) is 9.02. The predicted molar refractivity (Wildman–Crippen MR) is 83.8 cm³/mol. The molecule has 0 aromatic rings. The summed E-state index contributed by atoms with van der Waals surface area (Å²) in [6, 6.07) is 0. The number of piperidine rings is 1. The highest BCUT2D eigenvalue weighted by Gasteiger charge is 2.31. The van der Waals surface area contributed by atoms with E-state index in [2.05, 4.69) is 18.8 Å². The molecule has 0 aromatic heterocycles. The van der Waals surface area contributed by atoms with Crippen LogP contribution in [0.25, 0.3) is 0 Å². The van der Waals surface area contributed by atoms with E-state index in [0.29, 0.717) is 32.1 Å². The van der Waals surface area contributed by atoms with Crippen LogP contribution < -0.4 is 5.32 Å². The largest absolute Gasteiger partial charge is 0.316 e. The molecule has 1 aliphatic rings. The molecule has 20 heavy (non-hydrogen) atoms. The fourth-order valence-corrected chi connectivity index (χ4v) is 4.14. The summed E-state index contributed by atoms with van der Waals surface area (Å²) in [5.74, 6) is 0.600. The summed E-state index contributed by atoms with van der Waals surface area (Å²) in [7, 11) is -3.31. The molecule has 0 spiro atoms. The summed E-state index contributed by atoms with van der Waals surface area (Å²) in [5.41, 5.74) is 0. The molecular formula is C14H29N3O2S. The van der Waals surface area contributed by atoms with E-state index < -0.39 is 10.2 Å². The van der Waals surface area contributed by atoms with Gasteiger partial charge < -0.3 is 5.32 Å². The Labute approximate surface area is 124 Å². The van der Waals surface area contributed by atoms with E-state index in [4.69, 9.17) is 0 Å². The number of nitrogens with one attached hydrogen (secondary N) is 1. The van der Waals surface area contributed by atoms with Gasteiger partial charge in [0.1, 0.15) is 0 Å². The van der Waals surface area contributed by atoms with Gasteiger partial charge in [-0.3, -0.25) is 0 Å². The van der Waals surface area contributed by atoms with Crippen LogP contribution in [0.1, 0.15) is 33.1 Å². The normalized spacial score (nSPS) is 18.6. The monoisotopic (exact) mass is 303 g/mol. The molecule has 5 nitrogen and oxygen atoms in total. The quantitative estimate of drug-likeness (QED) is 0.518. The fraction of sp³-hybridized carbons (Fsp3) is 0.857. The summed E-state index contributed by atoms with van der Waals surface area (Å²) < 4.78 is 28.0. The minimum Gasteiger partial charge on any atom is -0.316 e. The van der Waals surface area contributed by atoms with E-state index in [0.717, 1.165) is 32.4 Å². The molecule has 118 valence electrons. The van der Waals surface area contributed by atoms with Crippen LogP contribution in [-0.2, 0) is 10.2 Å². The average molecular weight is 303 g/mol. The second-order valence-corrected chi connectivity index (χ2v) is 7.22. The molecule has 6 heteroatoms. The maximum Gasteiger partial charge on any atom is 0.282 e. The Balaban J connectivity index is 2.49. The van der Waals surface area contributed by atoms with Crippen molar-refractivity contribution in [1.82, 2.24) is 13.9 Å². The molecule has 0 aromatic carbocycles. The Kier molecular flexibility index (Phi) is 7.72. The summed E-state index contributed by atoms with van der Waals surface area (Å²) in [6.07, 6.45) is 4.67. The van der Waals surface area contributed by atoms with Crippen LogP contribution in [0.4, 0.5) is 0 Å². The third-order valence-electron chi connectivity index (χ3n) is 3.77. The van der Waals surface area contributed by atoms with Crippen molar-refractivity contribution in [2.75, 3.05) is 39.3 Å². The van der Waals surface area contributed by atoms with Crippen LogP contribution in [0.5, 0.6) is 0 Å². The van der Waals surface area contributed by atoms with E-state index in [1.165, 1.54) is 4.31 Å². The zero-order valence-corrected chi connectivity index (χ0v) is 13.7. The molecule has 0 unspecified atom stereocenters. The van der Waals surface area contributed by atoms with Gasteiger partial charge in [-0.2, -0.15) is 17.0 Å². The van der Waals surface area contributed by atoms with Gasteiger partial charge in [0.15, 0.2) is 0 Å². The summed E-state index contributed by atoms with van der Waals surface area (Å²) in [5, 5.41) is 3.42. The van der Waals surface area contributed by atoms with E-state index in [1.807, 2.05) is 6.92 Å². The van der Waals surface area contributed by atoms with Gasteiger partial charge in [0.25, 0.3) is 10.2 Å². The molecular weight excluding hydrogens is 274 g/mol. The van der Waals surface area contributed by atoms with Crippen LogP contribution in [-0.4, -0.2) is 56.3 Å². The molecule has 1 saturated heterocycles. The van der Waals surface area contributed by atoms with Gasteiger partial charge in [0.2, 0.25) is 0 Å². The molecule has 1 aliphatic heterocycles. The van der Waals surface area contributed by atoms with Crippen LogP contribution in [0, 0.1) is 5.92 Å². The van der Waals surface area contributed by atoms with Crippen molar-refractivity contribution in [1.29, 1.82) is 0 Å². The highest BCUT2D eigenvalue weighted by atomic mass is 32.2. The predicted octanol–water partition coefficient (Wildman–Crippen LogP) is 1.45. The summed E-state index contributed by atoms with van der Waals surface area (Å²) >= 11 is 0. The number of hydrogen-bond donors (Lipinski definition) is 1. The van der Waals surface area contributed by atoms with Crippen molar-refractivity contribution in [3.63, 3.8) is 0 Å². The third-order valence-corrected chi connectivity index (χ3v) is 5.85. The zero-order valence-electron chi connectivity index (χ0n) is 12.8. The Morgan fingerprint density at radius 3 is 2.50 bits per heavy atom. The maximum absolute atomic E-state index is 12.5.